The second-order valence-corrected chi connectivity index (χ2v) is 6.41. The van der Waals surface area contributed by atoms with Crippen LogP contribution in [-0.4, -0.2) is 23.4 Å². The van der Waals surface area contributed by atoms with Crippen molar-refractivity contribution < 1.29 is 27.8 Å². The number of carbonyl (C=O) groups is 1. The van der Waals surface area contributed by atoms with Gasteiger partial charge < -0.3 is 9.84 Å². The van der Waals surface area contributed by atoms with Gasteiger partial charge in [-0.3, -0.25) is 0 Å². The molecule has 6 heteroatoms. The number of hydrogen-bond donors (Lipinski definition) is 1. The zero-order chi connectivity index (χ0) is 20.9. The molecule has 1 unspecified atom stereocenters. The maximum atomic E-state index is 13.0. The highest BCUT2D eigenvalue weighted by molar-refractivity contribution is 5.95. The summed E-state index contributed by atoms with van der Waals surface area (Å²) in [7, 11) is 0. The lowest BCUT2D eigenvalue weighted by molar-refractivity contribution is -0.187. The lowest BCUT2D eigenvalue weighted by Gasteiger charge is -2.30. The van der Waals surface area contributed by atoms with E-state index in [1.54, 1.807) is 19.1 Å². The average Bonchev–Trinajstić information content (AvgIpc) is 2.55. The first-order valence-corrected chi connectivity index (χ1v) is 8.74. The lowest BCUT2D eigenvalue weighted by Crippen LogP contribution is -2.40. The first kappa shape index (κ1) is 24.0. The summed E-state index contributed by atoms with van der Waals surface area (Å²) < 4.78 is 44.0. The first-order chi connectivity index (χ1) is 11.9. The molecule has 0 aliphatic carbocycles. The molecule has 1 aliphatic heterocycles. The Morgan fingerprint density at radius 2 is 1.58 bits per heavy atom. The molecule has 26 heavy (non-hydrogen) atoms. The number of carboxylic acid groups (broad SMARTS) is 1. The van der Waals surface area contributed by atoms with Gasteiger partial charge in [-0.2, -0.15) is 13.2 Å². The quantitative estimate of drug-likeness (QED) is 0.642. The maximum Gasteiger partial charge on any atom is 0.430 e. The van der Waals surface area contributed by atoms with E-state index in [1.165, 1.54) is 0 Å². The van der Waals surface area contributed by atoms with E-state index in [1.807, 2.05) is 48.5 Å². The summed E-state index contributed by atoms with van der Waals surface area (Å²) in [4.78, 5) is 11.1. The number of hydrogen-bond acceptors (Lipinski definition) is 2. The SMILES string of the molecule is CC.CC.Cc1cc(C(C)(C)C)cc2c1OC(C(F)(F)F)C(C(=O)O)=C2. The molecule has 1 aliphatic rings. The van der Waals surface area contributed by atoms with Crippen molar-refractivity contribution in [2.45, 2.75) is 73.1 Å². The Morgan fingerprint density at radius 1 is 1.08 bits per heavy atom. The predicted molar refractivity (Wildman–Crippen MR) is 98.7 cm³/mol. The van der Waals surface area contributed by atoms with Gasteiger partial charge in [0.05, 0.1) is 5.57 Å². The minimum atomic E-state index is -4.78. The number of carboxylic acids is 1. The van der Waals surface area contributed by atoms with Gasteiger partial charge in [0, 0.05) is 5.56 Å². The zero-order valence-corrected chi connectivity index (χ0v) is 16.7. The fourth-order valence-electron chi connectivity index (χ4n) is 2.34. The van der Waals surface area contributed by atoms with Crippen LogP contribution in [0.25, 0.3) is 6.08 Å². The highest BCUT2D eigenvalue weighted by Crippen LogP contribution is 2.40. The van der Waals surface area contributed by atoms with Crippen LogP contribution in [0.2, 0.25) is 0 Å². The third-order valence-corrected chi connectivity index (χ3v) is 3.54. The molecule has 1 aromatic rings. The van der Waals surface area contributed by atoms with E-state index in [2.05, 4.69) is 0 Å². The summed E-state index contributed by atoms with van der Waals surface area (Å²) >= 11 is 0. The molecule has 0 radical (unpaired) electrons. The Labute approximate surface area is 153 Å². The second-order valence-electron chi connectivity index (χ2n) is 6.41. The van der Waals surface area contributed by atoms with E-state index in [-0.39, 0.29) is 11.2 Å². The monoisotopic (exact) mass is 374 g/mol. The number of aliphatic carboxylic acids is 1. The van der Waals surface area contributed by atoms with E-state index in [0.29, 0.717) is 11.1 Å². The molecule has 0 aromatic heterocycles. The van der Waals surface area contributed by atoms with Crippen LogP contribution in [0.3, 0.4) is 0 Å². The summed E-state index contributed by atoms with van der Waals surface area (Å²) in [5, 5.41) is 9.05. The number of rotatable bonds is 1. The molecule has 0 bridgehead atoms. The van der Waals surface area contributed by atoms with Gasteiger partial charge in [0.2, 0.25) is 6.10 Å². The Balaban J connectivity index is 0.00000146. The van der Waals surface area contributed by atoms with Crippen molar-refractivity contribution in [3.8, 4) is 5.75 Å². The van der Waals surface area contributed by atoms with Gasteiger partial charge in [-0.15, -0.1) is 0 Å². The van der Waals surface area contributed by atoms with Gasteiger partial charge in [0.1, 0.15) is 5.75 Å². The van der Waals surface area contributed by atoms with Gasteiger partial charge in [-0.1, -0.05) is 54.5 Å². The Kier molecular flexibility index (Phi) is 8.41. The summed E-state index contributed by atoms with van der Waals surface area (Å²) in [6.07, 6.45) is -6.17. The van der Waals surface area contributed by atoms with Crippen LogP contribution >= 0.6 is 0 Å². The Hall–Kier alpha value is -1.98. The summed E-state index contributed by atoms with van der Waals surface area (Å²) in [6.45, 7) is 15.6. The van der Waals surface area contributed by atoms with Crippen molar-refractivity contribution >= 4 is 12.0 Å². The molecule has 0 fully saturated rings. The number of halogens is 3. The number of fused-ring (bicyclic) bond motifs is 1. The minimum absolute atomic E-state index is 0.0836. The van der Waals surface area contributed by atoms with Crippen LogP contribution in [0, 0.1) is 6.92 Å². The van der Waals surface area contributed by atoms with Gasteiger partial charge >= 0.3 is 12.1 Å². The molecule has 1 heterocycles. The van der Waals surface area contributed by atoms with Gasteiger partial charge in [0.15, 0.2) is 0 Å². The Morgan fingerprint density at radius 3 is 1.96 bits per heavy atom. The van der Waals surface area contributed by atoms with Crippen LogP contribution in [0.1, 0.15) is 65.2 Å². The van der Waals surface area contributed by atoms with Gasteiger partial charge in [-0.05, 0) is 35.6 Å². The fourth-order valence-corrected chi connectivity index (χ4v) is 2.34. The van der Waals surface area contributed by atoms with E-state index in [0.717, 1.165) is 11.6 Å². The molecule has 148 valence electrons. The summed E-state index contributed by atoms with van der Waals surface area (Å²) in [6, 6.07) is 3.45. The maximum absolute atomic E-state index is 13.0. The topological polar surface area (TPSA) is 46.5 Å². The molecule has 1 N–H and O–H groups in total. The highest BCUT2D eigenvalue weighted by atomic mass is 19.4. The van der Waals surface area contributed by atoms with Gasteiger partial charge in [0.25, 0.3) is 0 Å². The second kappa shape index (κ2) is 9.10. The third-order valence-electron chi connectivity index (χ3n) is 3.54. The van der Waals surface area contributed by atoms with Crippen molar-refractivity contribution in [2.24, 2.45) is 0 Å². The lowest BCUT2D eigenvalue weighted by atomic mass is 9.84. The van der Waals surface area contributed by atoms with Gasteiger partial charge in [-0.25, -0.2) is 4.79 Å². The molecule has 0 saturated carbocycles. The number of aryl methyl sites for hydroxylation is 1. The van der Waals surface area contributed by atoms with Crippen LogP contribution in [0.15, 0.2) is 17.7 Å². The van der Waals surface area contributed by atoms with Crippen molar-refractivity contribution in [1.29, 1.82) is 0 Å². The standard InChI is InChI=1S/C16H17F3O3.2C2H6/c1-8-5-10(15(2,3)4)6-9-7-11(14(20)21)13(16(17,18)19)22-12(8)9;2*1-2/h5-7,13H,1-4H3,(H,20,21);2*1-2H3. The molecule has 0 spiro atoms. The fraction of sp³-hybridized carbons (Fsp3) is 0.550. The molecular formula is C20H29F3O3. The molecule has 2 rings (SSSR count). The smallest absolute Gasteiger partial charge is 0.430 e. The Bertz CT molecular complexity index is 653. The molecule has 3 nitrogen and oxygen atoms in total. The van der Waals surface area contributed by atoms with Crippen molar-refractivity contribution in [3.05, 3.63) is 34.4 Å². The molecule has 1 aromatic carbocycles. The van der Waals surface area contributed by atoms with E-state index in [4.69, 9.17) is 9.84 Å². The average molecular weight is 374 g/mol. The van der Waals surface area contributed by atoms with E-state index >= 15 is 0 Å². The minimum Gasteiger partial charge on any atom is -0.478 e. The third kappa shape index (κ3) is 5.51. The van der Waals surface area contributed by atoms with E-state index in [9.17, 15) is 18.0 Å². The normalized spacial score (nSPS) is 16.0. The summed E-state index contributed by atoms with van der Waals surface area (Å²) in [5.74, 6) is -1.55. The number of alkyl halides is 3. The molecular weight excluding hydrogens is 345 g/mol. The largest absolute Gasteiger partial charge is 0.478 e. The predicted octanol–water partition coefficient (Wildman–Crippen LogP) is 6.14. The number of benzene rings is 1. The number of ether oxygens (including phenoxy) is 1. The molecule has 1 atom stereocenters. The van der Waals surface area contributed by atoms with Crippen LogP contribution in [0.5, 0.6) is 5.75 Å². The highest BCUT2D eigenvalue weighted by Gasteiger charge is 2.48. The van der Waals surface area contributed by atoms with Crippen LogP contribution in [-0.2, 0) is 10.2 Å². The van der Waals surface area contributed by atoms with Crippen LogP contribution < -0.4 is 4.74 Å². The molecule has 0 amide bonds. The molecule has 0 saturated heterocycles. The van der Waals surface area contributed by atoms with Crippen LogP contribution in [0.4, 0.5) is 13.2 Å². The summed E-state index contributed by atoms with van der Waals surface area (Å²) in [5.41, 5.74) is 0.808. The van der Waals surface area contributed by atoms with Crippen molar-refractivity contribution in [3.63, 3.8) is 0 Å². The van der Waals surface area contributed by atoms with Crippen molar-refractivity contribution in [2.75, 3.05) is 0 Å². The first-order valence-electron chi connectivity index (χ1n) is 8.74. The zero-order valence-electron chi connectivity index (χ0n) is 16.7. The van der Waals surface area contributed by atoms with Crippen molar-refractivity contribution in [1.82, 2.24) is 0 Å². The van der Waals surface area contributed by atoms with E-state index < -0.39 is 23.8 Å².